The Morgan fingerprint density at radius 2 is 2.33 bits per heavy atom. The molecule has 5 heteroatoms. The minimum absolute atomic E-state index is 0.0649. The number of carbonyl (C=O) groups excluding carboxylic acids is 1. The number of fused-ring (bicyclic) bond motifs is 1. The topological polar surface area (TPSA) is 91.1 Å². The second kappa shape index (κ2) is 5.10. The van der Waals surface area contributed by atoms with Gasteiger partial charge in [0, 0.05) is 5.39 Å². The van der Waals surface area contributed by atoms with Gasteiger partial charge in [0.25, 0.3) is 5.91 Å². The second-order valence-corrected chi connectivity index (χ2v) is 4.26. The highest BCUT2D eigenvalue weighted by molar-refractivity contribution is 6.00. The lowest BCUT2D eigenvalue weighted by molar-refractivity contribution is 0.0911. The summed E-state index contributed by atoms with van der Waals surface area (Å²) in [6.45, 7) is 1.84. The molecule has 2 rings (SSSR count). The molecule has 0 saturated carbocycles. The van der Waals surface area contributed by atoms with E-state index in [-0.39, 0.29) is 18.6 Å². The summed E-state index contributed by atoms with van der Waals surface area (Å²) in [4.78, 5) is 15.0. The van der Waals surface area contributed by atoms with Crippen LogP contribution in [0.1, 0.15) is 23.8 Å². The van der Waals surface area contributed by atoms with Crippen LogP contribution in [-0.4, -0.2) is 28.6 Å². The van der Waals surface area contributed by atoms with Gasteiger partial charge in [0.1, 0.15) is 5.69 Å². The molecule has 0 saturated heterocycles. The first kappa shape index (κ1) is 12.4. The van der Waals surface area contributed by atoms with Crippen LogP contribution in [0.3, 0.4) is 0 Å². The van der Waals surface area contributed by atoms with Crippen LogP contribution in [0.25, 0.3) is 10.9 Å². The van der Waals surface area contributed by atoms with Crippen molar-refractivity contribution in [3.63, 3.8) is 0 Å². The average Bonchev–Trinajstić information content (AvgIpc) is 2.81. The van der Waals surface area contributed by atoms with Crippen molar-refractivity contribution in [2.24, 2.45) is 0 Å². The molecule has 1 aromatic carbocycles. The largest absolute Gasteiger partial charge is 0.397 e. The van der Waals surface area contributed by atoms with Crippen LogP contribution < -0.4 is 11.1 Å². The Morgan fingerprint density at radius 3 is 2.94 bits per heavy atom. The number of para-hydroxylation sites is 1. The number of amides is 1. The van der Waals surface area contributed by atoms with Crippen molar-refractivity contribution in [1.29, 1.82) is 0 Å². The minimum Gasteiger partial charge on any atom is -0.397 e. The normalized spacial score (nSPS) is 12.6. The maximum atomic E-state index is 12.0. The summed E-state index contributed by atoms with van der Waals surface area (Å²) in [7, 11) is 0. The zero-order valence-electron chi connectivity index (χ0n) is 10.2. The van der Waals surface area contributed by atoms with Gasteiger partial charge in [-0.05, 0) is 18.6 Å². The second-order valence-electron chi connectivity index (χ2n) is 4.26. The molecule has 5 nitrogen and oxygen atoms in total. The van der Waals surface area contributed by atoms with E-state index in [1.807, 2.05) is 19.1 Å². The summed E-state index contributed by atoms with van der Waals surface area (Å²) >= 11 is 0. The van der Waals surface area contributed by atoms with E-state index in [1.165, 1.54) is 0 Å². The molecular weight excluding hydrogens is 230 g/mol. The van der Waals surface area contributed by atoms with E-state index in [1.54, 1.807) is 12.1 Å². The highest BCUT2D eigenvalue weighted by atomic mass is 16.3. The lowest BCUT2D eigenvalue weighted by Gasteiger charge is -2.12. The minimum atomic E-state index is -0.230. The summed E-state index contributed by atoms with van der Waals surface area (Å²) in [5, 5.41) is 12.7. The van der Waals surface area contributed by atoms with E-state index in [9.17, 15) is 4.79 Å². The number of aliphatic hydroxyl groups excluding tert-OH is 1. The van der Waals surface area contributed by atoms with Crippen LogP contribution in [0.15, 0.2) is 24.3 Å². The van der Waals surface area contributed by atoms with Crippen molar-refractivity contribution in [2.75, 3.05) is 12.3 Å². The number of carbonyl (C=O) groups is 1. The molecule has 1 heterocycles. The Balaban J connectivity index is 2.26. The van der Waals surface area contributed by atoms with Gasteiger partial charge in [0.15, 0.2) is 0 Å². The third kappa shape index (κ3) is 2.31. The smallest absolute Gasteiger partial charge is 0.268 e. The van der Waals surface area contributed by atoms with Crippen LogP contribution in [0.2, 0.25) is 0 Å². The van der Waals surface area contributed by atoms with Crippen LogP contribution >= 0.6 is 0 Å². The van der Waals surface area contributed by atoms with Crippen LogP contribution in [0.5, 0.6) is 0 Å². The van der Waals surface area contributed by atoms with Gasteiger partial charge in [-0.3, -0.25) is 4.79 Å². The van der Waals surface area contributed by atoms with E-state index < -0.39 is 0 Å². The molecule has 0 radical (unpaired) electrons. The molecule has 0 aliphatic rings. The van der Waals surface area contributed by atoms with E-state index in [0.717, 1.165) is 10.9 Å². The quantitative estimate of drug-likeness (QED) is 0.613. The van der Waals surface area contributed by atoms with Gasteiger partial charge < -0.3 is 21.1 Å². The number of hydrogen-bond acceptors (Lipinski definition) is 3. The fourth-order valence-corrected chi connectivity index (χ4v) is 1.84. The van der Waals surface area contributed by atoms with Gasteiger partial charge in [0.2, 0.25) is 0 Å². The molecule has 5 N–H and O–H groups in total. The van der Waals surface area contributed by atoms with Crippen molar-refractivity contribution in [2.45, 2.75) is 19.4 Å². The van der Waals surface area contributed by atoms with Gasteiger partial charge in [-0.1, -0.05) is 19.1 Å². The van der Waals surface area contributed by atoms with Crippen LogP contribution in [0.4, 0.5) is 5.69 Å². The standard InChI is InChI=1S/C13H17N3O2/c1-2-9(7-17)15-13(18)11-6-8-4-3-5-10(14)12(8)16-11/h3-6,9,16-17H,2,7,14H2,1H3,(H,15,18)/t9-/m0/s1. The Bertz CT molecular complexity index is 558. The number of aliphatic hydroxyl groups is 1. The highest BCUT2D eigenvalue weighted by Gasteiger charge is 2.14. The average molecular weight is 247 g/mol. The molecule has 2 aromatic rings. The first-order valence-electron chi connectivity index (χ1n) is 5.94. The van der Waals surface area contributed by atoms with E-state index >= 15 is 0 Å². The number of anilines is 1. The number of hydrogen-bond donors (Lipinski definition) is 4. The van der Waals surface area contributed by atoms with E-state index in [2.05, 4.69) is 10.3 Å². The summed E-state index contributed by atoms with van der Waals surface area (Å²) in [5.41, 5.74) is 7.65. The Morgan fingerprint density at radius 1 is 1.56 bits per heavy atom. The first-order chi connectivity index (χ1) is 8.65. The lowest BCUT2D eigenvalue weighted by Crippen LogP contribution is -2.37. The molecule has 18 heavy (non-hydrogen) atoms. The van der Waals surface area contributed by atoms with Gasteiger partial charge in [-0.2, -0.15) is 0 Å². The zero-order valence-corrected chi connectivity index (χ0v) is 10.2. The predicted molar refractivity (Wildman–Crippen MR) is 71.3 cm³/mol. The molecule has 1 atom stereocenters. The fraction of sp³-hybridized carbons (Fsp3) is 0.308. The van der Waals surface area contributed by atoms with Gasteiger partial charge in [-0.15, -0.1) is 0 Å². The predicted octanol–water partition coefficient (Wildman–Crippen LogP) is 1.25. The van der Waals surface area contributed by atoms with Crippen LogP contribution in [-0.2, 0) is 0 Å². The molecule has 1 amide bonds. The monoisotopic (exact) mass is 247 g/mol. The third-order valence-electron chi connectivity index (χ3n) is 2.98. The molecular formula is C13H17N3O2. The molecule has 0 unspecified atom stereocenters. The van der Waals surface area contributed by atoms with Gasteiger partial charge >= 0.3 is 0 Å². The Labute approximate surface area is 105 Å². The third-order valence-corrected chi connectivity index (χ3v) is 2.98. The summed E-state index contributed by atoms with van der Waals surface area (Å²) in [5.74, 6) is -0.230. The molecule has 0 fully saturated rings. The number of benzene rings is 1. The van der Waals surface area contributed by atoms with Crippen molar-refractivity contribution in [3.05, 3.63) is 30.0 Å². The molecule has 0 bridgehead atoms. The summed E-state index contributed by atoms with van der Waals surface area (Å²) in [6, 6.07) is 7.05. The number of nitrogen functional groups attached to an aromatic ring is 1. The maximum absolute atomic E-state index is 12.0. The first-order valence-corrected chi connectivity index (χ1v) is 5.94. The number of aromatic nitrogens is 1. The van der Waals surface area contributed by atoms with Crippen LogP contribution in [0, 0.1) is 0 Å². The number of nitrogens with two attached hydrogens (primary N) is 1. The Hall–Kier alpha value is -2.01. The summed E-state index contributed by atoms with van der Waals surface area (Å²) in [6.07, 6.45) is 0.685. The van der Waals surface area contributed by atoms with Crippen molar-refractivity contribution in [1.82, 2.24) is 10.3 Å². The van der Waals surface area contributed by atoms with Crippen molar-refractivity contribution < 1.29 is 9.90 Å². The van der Waals surface area contributed by atoms with Gasteiger partial charge in [0.05, 0.1) is 23.9 Å². The fourth-order valence-electron chi connectivity index (χ4n) is 1.84. The number of H-pyrrole nitrogens is 1. The van der Waals surface area contributed by atoms with Crippen molar-refractivity contribution in [3.8, 4) is 0 Å². The SMILES string of the molecule is CC[C@@H](CO)NC(=O)c1cc2cccc(N)c2[nH]1. The summed E-state index contributed by atoms with van der Waals surface area (Å²) < 4.78 is 0. The molecule has 96 valence electrons. The van der Waals surface area contributed by atoms with E-state index in [0.29, 0.717) is 17.8 Å². The molecule has 0 aliphatic carbocycles. The van der Waals surface area contributed by atoms with Gasteiger partial charge in [-0.25, -0.2) is 0 Å². The maximum Gasteiger partial charge on any atom is 0.268 e. The number of rotatable bonds is 4. The van der Waals surface area contributed by atoms with Crippen molar-refractivity contribution >= 4 is 22.5 Å². The molecule has 1 aromatic heterocycles. The number of aromatic amines is 1. The molecule has 0 spiro atoms. The zero-order chi connectivity index (χ0) is 13.1. The highest BCUT2D eigenvalue weighted by Crippen LogP contribution is 2.21. The molecule has 0 aliphatic heterocycles. The Kier molecular flexibility index (Phi) is 3.53. The van der Waals surface area contributed by atoms with E-state index in [4.69, 9.17) is 10.8 Å². The number of nitrogens with one attached hydrogen (secondary N) is 2. The lowest BCUT2D eigenvalue weighted by atomic mass is 10.2.